The number of rotatable bonds is 0. The van der Waals surface area contributed by atoms with E-state index in [0.717, 1.165) is 38.5 Å². The number of hydrogen-bond donors (Lipinski definition) is 0. The van der Waals surface area contributed by atoms with E-state index in [1.165, 1.54) is 0 Å². The quantitative estimate of drug-likeness (QED) is 0.633. The van der Waals surface area contributed by atoms with Crippen LogP contribution in [0.5, 0.6) is 0 Å². The Morgan fingerprint density at radius 3 is 1.47 bits per heavy atom. The lowest BCUT2D eigenvalue weighted by Gasteiger charge is -2.06. The summed E-state index contributed by atoms with van der Waals surface area (Å²) < 4.78 is 15.2. The topological polar surface area (TPSA) is 61.8 Å². The van der Waals surface area contributed by atoms with Crippen molar-refractivity contribution >= 4 is 11.9 Å². The summed E-state index contributed by atoms with van der Waals surface area (Å²) in [4.78, 5) is 22.7. The van der Waals surface area contributed by atoms with E-state index < -0.39 is 0 Å². The Hall–Kier alpha value is -1.10. The molecule has 0 amide bonds. The van der Waals surface area contributed by atoms with E-state index in [1.54, 1.807) is 0 Å². The average Bonchev–Trinajstić information content (AvgIpc) is 2.40. The van der Waals surface area contributed by atoms with Gasteiger partial charge in [0.1, 0.15) is 13.2 Å². The number of carbonyl (C=O) groups excluding carboxylic acids is 2. The van der Waals surface area contributed by atoms with Gasteiger partial charge in [-0.25, -0.2) is 0 Å². The Morgan fingerprint density at radius 1 is 0.579 bits per heavy atom. The van der Waals surface area contributed by atoms with Crippen molar-refractivity contribution in [1.82, 2.24) is 0 Å². The first-order valence-electron chi connectivity index (χ1n) is 7.18. The van der Waals surface area contributed by atoms with Gasteiger partial charge < -0.3 is 14.2 Å². The monoisotopic (exact) mass is 272 g/mol. The first-order chi connectivity index (χ1) is 9.29. The zero-order valence-electron chi connectivity index (χ0n) is 11.5. The maximum absolute atomic E-state index is 11.3. The van der Waals surface area contributed by atoms with Gasteiger partial charge in [-0.2, -0.15) is 0 Å². The summed E-state index contributed by atoms with van der Waals surface area (Å²) in [5.74, 6) is -0.307. The second-order valence-corrected chi connectivity index (χ2v) is 4.67. The highest BCUT2D eigenvalue weighted by molar-refractivity contribution is 5.69. The Bertz CT molecular complexity index is 239. The van der Waals surface area contributed by atoms with E-state index in [1.807, 2.05) is 0 Å². The smallest absolute Gasteiger partial charge is 0.305 e. The zero-order valence-corrected chi connectivity index (χ0v) is 11.5. The molecule has 1 heterocycles. The Labute approximate surface area is 114 Å². The lowest BCUT2D eigenvalue weighted by molar-refractivity contribution is -0.146. The fourth-order valence-corrected chi connectivity index (χ4v) is 1.92. The highest BCUT2D eigenvalue weighted by Crippen LogP contribution is 2.09. The Kier molecular flexibility index (Phi) is 9.06. The maximum Gasteiger partial charge on any atom is 0.305 e. The summed E-state index contributed by atoms with van der Waals surface area (Å²) >= 11 is 0. The van der Waals surface area contributed by atoms with Crippen LogP contribution >= 0.6 is 0 Å². The molecule has 0 aromatic carbocycles. The molecule has 1 rings (SSSR count). The summed E-state index contributed by atoms with van der Waals surface area (Å²) in [5.41, 5.74) is 0. The van der Waals surface area contributed by atoms with Gasteiger partial charge in [0, 0.05) is 12.8 Å². The molecule has 1 saturated heterocycles. The summed E-state index contributed by atoms with van der Waals surface area (Å²) in [7, 11) is 0. The van der Waals surface area contributed by atoms with Crippen LogP contribution in [0.25, 0.3) is 0 Å². The van der Waals surface area contributed by atoms with Gasteiger partial charge in [-0.05, 0) is 12.8 Å². The van der Waals surface area contributed by atoms with Crippen molar-refractivity contribution in [2.45, 2.75) is 51.4 Å². The first-order valence-corrected chi connectivity index (χ1v) is 7.18. The van der Waals surface area contributed by atoms with Gasteiger partial charge in [0.25, 0.3) is 0 Å². The molecular formula is C14H24O5. The van der Waals surface area contributed by atoms with Crippen molar-refractivity contribution in [3.8, 4) is 0 Å². The van der Waals surface area contributed by atoms with Crippen molar-refractivity contribution in [1.29, 1.82) is 0 Å². The summed E-state index contributed by atoms with van der Waals surface area (Å²) in [6.45, 7) is 1.24. The van der Waals surface area contributed by atoms with Crippen molar-refractivity contribution in [3.05, 3.63) is 0 Å². The highest BCUT2D eigenvalue weighted by Gasteiger charge is 2.05. The van der Waals surface area contributed by atoms with Gasteiger partial charge >= 0.3 is 11.9 Å². The van der Waals surface area contributed by atoms with Crippen molar-refractivity contribution in [3.63, 3.8) is 0 Å². The van der Waals surface area contributed by atoms with Gasteiger partial charge in [-0.15, -0.1) is 0 Å². The molecule has 1 aliphatic rings. The molecule has 0 aromatic rings. The molecule has 0 radical (unpaired) electrons. The normalized spacial score (nSPS) is 22.1. The molecule has 0 aliphatic carbocycles. The highest BCUT2D eigenvalue weighted by atomic mass is 16.6. The van der Waals surface area contributed by atoms with Gasteiger partial charge in [0.2, 0.25) is 0 Å². The van der Waals surface area contributed by atoms with Crippen LogP contribution in [-0.4, -0.2) is 38.4 Å². The molecule has 1 aliphatic heterocycles. The fourth-order valence-electron chi connectivity index (χ4n) is 1.92. The van der Waals surface area contributed by atoms with E-state index in [4.69, 9.17) is 14.2 Å². The van der Waals surface area contributed by atoms with Crippen LogP contribution in [-0.2, 0) is 23.8 Å². The van der Waals surface area contributed by atoms with Gasteiger partial charge in [0.05, 0.1) is 13.2 Å². The largest absolute Gasteiger partial charge is 0.463 e. The predicted molar refractivity (Wildman–Crippen MR) is 69.7 cm³/mol. The maximum atomic E-state index is 11.3. The Balaban J connectivity index is 2.21. The minimum atomic E-state index is -0.153. The molecule has 110 valence electrons. The van der Waals surface area contributed by atoms with Gasteiger partial charge in [-0.3, -0.25) is 9.59 Å². The van der Waals surface area contributed by atoms with Gasteiger partial charge in [0.15, 0.2) is 0 Å². The van der Waals surface area contributed by atoms with E-state index in [9.17, 15) is 9.59 Å². The third-order valence-corrected chi connectivity index (χ3v) is 2.99. The lowest BCUT2D eigenvalue weighted by atomic mass is 10.1. The molecule has 19 heavy (non-hydrogen) atoms. The number of carbonyl (C=O) groups is 2. The predicted octanol–water partition coefficient (Wildman–Crippen LogP) is 2.22. The van der Waals surface area contributed by atoms with Crippen LogP contribution in [0.15, 0.2) is 0 Å². The molecule has 0 spiro atoms. The van der Waals surface area contributed by atoms with Crippen LogP contribution in [0.3, 0.4) is 0 Å². The van der Waals surface area contributed by atoms with Crippen molar-refractivity contribution < 1.29 is 23.8 Å². The molecule has 5 heteroatoms. The molecule has 0 aromatic heterocycles. The van der Waals surface area contributed by atoms with E-state index in [0.29, 0.717) is 26.1 Å². The first kappa shape index (κ1) is 16.0. The van der Waals surface area contributed by atoms with Gasteiger partial charge in [-0.1, -0.05) is 25.7 Å². The minimum Gasteiger partial charge on any atom is -0.463 e. The number of esters is 2. The van der Waals surface area contributed by atoms with E-state index >= 15 is 0 Å². The van der Waals surface area contributed by atoms with E-state index in [-0.39, 0.29) is 25.2 Å². The lowest BCUT2D eigenvalue weighted by Crippen LogP contribution is -2.14. The van der Waals surface area contributed by atoms with Crippen LogP contribution in [0.4, 0.5) is 0 Å². The minimum absolute atomic E-state index is 0.153. The summed E-state index contributed by atoms with van der Waals surface area (Å²) in [6, 6.07) is 0. The molecule has 0 N–H and O–H groups in total. The van der Waals surface area contributed by atoms with E-state index in [2.05, 4.69) is 0 Å². The number of hydrogen-bond acceptors (Lipinski definition) is 5. The molecule has 0 unspecified atom stereocenters. The molecule has 1 fully saturated rings. The molecule has 5 nitrogen and oxygen atoms in total. The SMILES string of the molecule is O=C1CCCCCCCCC(=O)OCCOCCO1. The molecule has 0 bridgehead atoms. The third-order valence-electron chi connectivity index (χ3n) is 2.99. The number of ether oxygens (including phenoxy) is 3. The second-order valence-electron chi connectivity index (χ2n) is 4.67. The summed E-state index contributed by atoms with van der Waals surface area (Å²) in [6.07, 6.45) is 7.01. The molecular weight excluding hydrogens is 248 g/mol. The van der Waals surface area contributed by atoms with Crippen molar-refractivity contribution in [2.75, 3.05) is 26.4 Å². The molecule has 0 saturated carbocycles. The van der Waals surface area contributed by atoms with Crippen molar-refractivity contribution in [2.24, 2.45) is 0 Å². The fraction of sp³-hybridized carbons (Fsp3) is 0.857. The summed E-state index contributed by atoms with van der Waals surface area (Å²) in [5, 5.41) is 0. The number of cyclic esters (lactones) is 2. The van der Waals surface area contributed by atoms with Crippen LogP contribution in [0, 0.1) is 0 Å². The van der Waals surface area contributed by atoms with Crippen LogP contribution < -0.4 is 0 Å². The molecule has 0 atom stereocenters. The third kappa shape index (κ3) is 9.47. The Morgan fingerprint density at radius 2 is 1.00 bits per heavy atom. The average molecular weight is 272 g/mol. The van der Waals surface area contributed by atoms with Crippen LogP contribution in [0.2, 0.25) is 0 Å². The van der Waals surface area contributed by atoms with Crippen LogP contribution in [0.1, 0.15) is 51.4 Å². The second kappa shape index (κ2) is 10.8. The zero-order chi connectivity index (χ0) is 13.8. The standard InChI is InChI=1S/C14H24O5/c15-13-7-5-3-1-2-4-6-8-14(16)19-12-10-17-9-11-18-13/h1-12H2.